The van der Waals surface area contributed by atoms with E-state index in [1.807, 2.05) is 32.0 Å². The maximum Gasteiger partial charge on any atom is 0.264 e. The molecule has 4 aromatic rings. The molecule has 3 aromatic heterocycles. The van der Waals surface area contributed by atoms with Gasteiger partial charge in [-0.2, -0.15) is 5.10 Å². The molecule has 0 bridgehead atoms. The molecule has 0 fully saturated rings. The summed E-state index contributed by atoms with van der Waals surface area (Å²) in [4.78, 5) is 29.3. The summed E-state index contributed by atoms with van der Waals surface area (Å²) in [6.45, 7) is 5.57. The molecule has 1 N–H and O–H groups in total. The summed E-state index contributed by atoms with van der Waals surface area (Å²) >= 11 is 0. The van der Waals surface area contributed by atoms with Crippen molar-refractivity contribution in [2.45, 2.75) is 27.3 Å². The monoisotopic (exact) mass is 378 g/mol. The molecule has 1 aromatic carbocycles. The average Bonchev–Trinajstić information content (AvgIpc) is 3.26. The highest BCUT2D eigenvalue weighted by Crippen LogP contribution is 2.17. The third-order valence-corrected chi connectivity index (χ3v) is 4.50. The Morgan fingerprint density at radius 3 is 2.71 bits per heavy atom. The summed E-state index contributed by atoms with van der Waals surface area (Å²) in [5, 5.41) is 10.9. The Balaban J connectivity index is 1.63. The zero-order valence-electron chi connectivity index (χ0n) is 15.6. The number of aryl methyl sites for hydroxylation is 3. The highest BCUT2D eigenvalue weighted by molar-refractivity contribution is 5.89. The molecule has 0 saturated heterocycles. The van der Waals surface area contributed by atoms with E-state index in [4.69, 9.17) is 4.52 Å². The summed E-state index contributed by atoms with van der Waals surface area (Å²) in [7, 11) is 0. The third-order valence-electron chi connectivity index (χ3n) is 4.50. The van der Waals surface area contributed by atoms with Crippen molar-refractivity contribution in [2.75, 3.05) is 5.32 Å². The van der Waals surface area contributed by atoms with Gasteiger partial charge in [0.15, 0.2) is 11.5 Å². The Kier molecular flexibility index (Phi) is 4.26. The van der Waals surface area contributed by atoms with Crippen LogP contribution in [-0.4, -0.2) is 30.4 Å². The summed E-state index contributed by atoms with van der Waals surface area (Å²) in [5.74, 6) is 0.472. The van der Waals surface area contributed by atoms with Crippen LogP contribution in [0.1, 0.15) is 16.9 Å². The predicted octanol–water partition coefficient (Wildman–Crippen LogP) is 2.13. The second-order valence-electron chi connectivity index (χ2n) is 6.61. The first-order chi connectivity index (χ1) is 13.4. The number of nitrogens with one attached hydrogen (secondary N) is 1. The molecule has 142 valence electrons. The van der Waals surface area contributed by atoms with Crippen molar-refractivity contribution in [3.05, 3.63) is 64.0 Å². The van der Waals surface area contributed by atoms with Crippen molar-refractivity contribution in [1.82, 2.24) is 24.5 Å². The van der Waals surface area contributed by atoms with E-state index >= 15 is 0 Å². The molecule has 0 aliphatic heterocycles. The first-order valence-electron chi connectivity index (χ1n) is 8.66. The van der Waals surface area contributed by atoms with Gasteiger partial charge in [0.05, 0.1) is 11.9 Å². The standard InChI is InChI=1S/C19H18N6O3/c1-11-4-5-14(6-12(11)2)25-18-15(8-21-25)19(27)24(10-20-18)9-17(26)22-16-7-13(3)28-23-16/h4-8,10H,9H2,1-3H3,(H,22,23,26). The number of carbonyl (C=O) groups is 1. The van der Waals surface area contributed by atoms with Crippen molar-refractivity contribution in [1.29, 1.82) is 0 Å². The molecule has 0 unspecified atom stereocenters. The minimum atomic E-state index is -0.405. The van der Waals surface area contributed by atoms with Crippen molar-refractivity contribution in [2.24, 2.45) is 0 Å². The van der Waals surface area contributed by atoms with E-state index in [0.717, 1.165) is 11.3 Å². The smallest absolute Gasteiger partial charge is 0.264 e. The van der Waals surface area contributed by atoms with E-state index in [0.29, 0.717) is 22.6 Å². The molecule has 4 rings (SSSR count). The summed E-state index contributed by atoms with van der Waals surface area (Å²) in [6, 6.07) is 7.50. The Bertz CT molecular complexity index is 1250. The zero-order chi connectivity index (χ0) is 19.8. The molecule has 9 nitrogen and oxygen atoms in total. The molecule has 0 aliphatic carbocycles. The SMILES string of the molecule is Cc1cc(NC(=O)Cn2cnc3c(cnn3-c3ccc(C)c(C)c3)c2=O)no1. The van der Waals surface area contributed by atoms with E-state index in [1.54, 1.807) is 17.7 Å². The van der Waals surface area contributed by atoms with Crippen LogP contribution >= 0.6 is 0 Å². The number of amides is 1. The van der Waals surface area contributed by atoms with Crippen molar-refractivity contribution in [3.63, 3.8) is 0 Å². The van der Waals surface area contributed by atoms with Crippen LogP contribution in [0.4, 0.5) is 5.82 Å². The lowest BCUT2D eigenvalue weighted by Crippen LogP contribution is -2.27. The number of hydrogen-bond donors (Lipinski definition) is 1. The lowest BCUT2D eigenvalue weighted by atomic mass is 10.1. The highest BCUT2D eigenvalue weighted by Gasteiger charge is 2.14. The van der Waals surface area contributed by atoms with Gasteiger partial charge in [-0.05, 0) is 44.0 Å². The van der Waals surface area contributed by atoms with Gasteiger partial charge in [-0.3, -0.25) is 14.2 Å². The number of carbonyl (C=O) groups excluding carboxylic acids is 1. The molecule has 9 heteroatoms. The molecule has 0 saturated carbocycles. The van der Waals surface area contributed by atoms with Gasteiger partial charge >= 0.3 is 0 Å². The van der Waals surface area contributed by atoms with Crippen LogP contribution in [0.5, 0.6) is 0 Å². The molecule has 3 heterocycles. The van der Waals surface area contributed by atoms with Crippen LogP contribution in [0.15, 0.2) is 46.1 Å². The second kappa shape index (κ2) is 6.76. The number of aromatic nitrogens is 5. The molecule has 0 spiro atoms. The van der Waals surface area contributed by atoms with Crippen molar-refractivity contribution < 1.29 is 9.32 Å². The van der Waals surface area contributed by atoms with Crippen LogP contribution in [0.2, 0.25) is 0 Å². The normalized spacial score (nSPS) is 11.1. The number of hydrogen-bond acceptors (Lipinski definition) is 6. The molecule has 1 amide bonds. The van der Waals surface area contributed by atoms with Gasteiger partial charge in [-0.25, -0.2) is 9.67 Å². The summed E-state index contributed by atoms with van der Waals surface area (Å²) < 4.78 is 7.75. The predicted molar refractivity (Wildman–Crippen MR) is 102 cm³/mol. The van der Waals surface area contributed by atoms with Crippen LogP contribution in [0.3, 0.4) is 0 Å². The number of rotatable bonds is 4. The number of nitrogens with zero attached hydrogens (tertiary/aromatic N) is 5. The van der Waals surface area contributed by atoms with Crippen LogP contribution in [-0.2, 0) is 11.3 Å². The summed E-state index contributed by atoms with van der Waals surface area (Å²) in [6.07, 6.45) is 2.81. The lowest BCUT2D eigenvalue weighted by molar-refractivity contribution is -0.116. The third kappa shape index (κ3) is 3.18. The number of anilines is 1. The van der Waals surface area contributed by atoms with Crippen molar-refractivity contribution >= 4 is 22.8 Å². The summed E-state index contributed by atoms with van der Waals surface area (Å²) in [5.41, 5.74) is 3.21. The number of fused-ring (bicyclic) bond motifs is 1. The fourth-order valence-corrected chi connectivity index (χ4v) is 2.87. The minimum absolute atomic E-state index is 0.192. The Labute approximate surface area is 159 Å². The topological polar surface area (TPSA) is 108 Å². The van der Waals surface area contributed by atoms with Gasteiger partial charge in [0.1, 0.15) is 24.0 Å². The maximum absolute atomic E-state index is 12.7. The molecule has 28 heavy (non-hydrogen) atoms. The maximum atomic E-state index is 12.7. The van der Waals surface area contributed by atoms with Gasteiger partial charge in [-0.1, -0.05) is 11.2 Å². The van der Waals surface area contributed by atoms with E-state index in [2.05, 4.69) is 20.6 Å². The van der Waals surface area contributed by atoms with E-state index in [-0.39, 0.29) is 12.1 Å². The van der Waals surface area contributed by atoms with Gasteiger partial charge < -0.3 is 9.84 Å². The Morgan fingerprint density at radius 1 is 1.18 bits per heavy atom. The lowest BCUT2D eigenvalue weighted by Gasteiger charge is -2.07. The second-order valence-corrected chi connectivity index (χ2v) is 6.61. The van der Waals surface area contributed by atoms with E-state index < -0.39 is 5.91 Å². The molecule has 0 aliphatic rings. The molecule has 0 atom stereocenters. The van der Waals surface area contributed by atoms with E-state index in [9.17, 15) is 9.59 Å². The quantitative estimate of drug-likeness (QED) is 0.583. The fourth-order valence-electron chi connectivity index (χ4n) is 2.87. The first-order valence-corrected chi connectivity index (χ1v) is 8.66. The number of benzene rings is 1. The van der Waals surface area contributed by atoms with Crippen LogP contribution in [0, 0.1) is 20.8 Å². The highest BCUT2D eigenvalue weighted by atomic mass is 16.5. The van der Waals surface area contributed by atoms with Crippen LogP contribution in [0.25, 0.3) is 16.7 Å². The van der Waals surface area contributed by atoms with Gasteiger partial charge in [-0.15, -0.1) is 0 Å². The van der Waals surface area contributed by atoms with Gasteiger partial charge in [0.2, 0.25) is 5.91 Å². The Morgan fingerprint density at radius 2 is 2.00 bits per heavy atom. The Hall–Kier alpha value is -3.75. The van der Waals surface area contributed by atoms with Gasteiger partial charge in [0.25, 0.3) is 5.56 Å². The first kappa shape index (κ1) is 17.7. The van der Waals surface area contributed by atoms with Gasteiger partial charge in [0, 0.05) is 6.07 Å². The molecule has 0 radical (unpaired) electrons. The average molecular weight is 378 g/mol. The molecular formula is C19H18N6O3. The largest absolute Gasteiger partial charge is 0.360 e. The van der Waals surface area contributed by atoms with Crippen LogP contribution < -0.4 is 10.9 Å². The van der Waals surface area contributed by atoms with E-state index in [1.165, 1.54) is 22.7 Å². The molecular weight excluding hydrogens is 360 g/mol. The zero-order valence-corrected chi connectivity index (χ0v) is 15.6. The minimum Gasteiger partial charge on any atom is -0.360 e. The fraction of sp³-hybridized carbons (Fsp3) is 0.211. The van der Waals surface area contributed by atoms with Crippen molar-refractivity contribution in [3.8, 4) is 5.69 Å².